The summed E-state index contributed by atoms with van der Waals surface area (Å²) >= 11 is 3.52. The van der Waals surface area contributed by atoms with Crippen molar-refractivity contribution in [2.24, 2.45) is 0 Å². The van der Waals surface area contributed by atoms with Crippen molar-refractivity contribution in [2.45, 2.75) is 6.10 Å². The van der Waals surface area contributed by atoms with Crippen LogP contribution in [0.25, 0.3) is 0 Å². The zero-order chi connectivity index (χ0) is 12.7. The standard InChI is InChI=1S/C12H14BrN3O2/c13-8-5-7-9(15-12(18)11(7)17)6-10(8)16-3-1-14-2-4-16/h5-6,11,14,17H,1-4H2,(H,15,18). The van der Waals surface area contributed by atoms with Gasteiger partial charge in [0.1, 0.15) is 0 Å². The number of nitrogens with one attached hydrogen (secondary N) is 2. The number of benzene rings is 1. The van der Waals surface area contributed by atoms with Crippen molar-refractivity contribution in [3.63, 3.8) is 0 Å². The Morgan fingerprint density at radius 2 is 2.06 bits per heavy atom. The molecule has 1 aromatic rings. The molecule has 3 rings (SSSR count). The predicted octanol–water partition coefficient (Wildman–Crippen LogP) is 0.844. The van der Waals surface area contributed by atoms with E-state index in [9.17, 15) is 9.90 Å². The number of rotatable bonds is 1. The molecule has 18 heavy (non-hydrogen) atoms. The molecule has 2 aliphatic heterocycles. The molecule has 0 bridgehead atoms. The number of aliphatic hydroxyl groups excluding tert-OH is 1. The van der Waals surface area contributed by atoms with Gasteiger partial charge in [-0.2, -0.15) is 0 Å². The lowest BCUT2D eigenvalue weighted by Gasteiger charge is -2.30. The number of aliphatic hydroxyl groups is 1. The van der Waals surface area contributed by atoms with Gasteiger partial charge in [0.25, 0.3) is 5.91 Å². The fourth-order valence-corrected chi connectivity index (χ4v) is 3.01. The Morgan fingerprint density at radius 3 is 2.78 bits per heavy atom. The van der Waals surface area contributed by atoms with Crippen LogP contribution in [0.3, 0.4) is 0 Å². The number of carbonyl (C=O) groups excluding carboxylic acids is 1. The van der Waals surface area contributed by atoms with Gasteiger partial charge in [0, 0.05) is 41.9 Å². The van der Waals surface area contributed by atoms with Crippen LogP contribution in [-0.2, 0) is 4.79 Å². The topological polar surface area (TPSA) is 64.6 Å². The van der Waals surface area contributed by atoms with E-state index in [0.717, 1.165) is 36.3 Å². The largest absolute Gasteiger partial charge is 0.378 e. The van der Waals surface area contributed by atoms with Crippen LogP contribution in [0.5, 0.6) is 0 Å². The summed E-state index contributed by atoms with van der Waals surface area (Å²) < 4.78 is 0.915. The number of hydrogen-bond donors (Lipinski definition) is 3. The number of hydrogen-bond acceptors (Lipinski definition) is 4. The summed E-state index contributed by atoms with van der Waals surface area (Å²) in [4.78, 5) is 13.7. The highest BCUT2D eigenvalue weighted by atomic mass is 79.9. The van der Waals surface area contributed by atoms with E-state index in [4.69, 9.17) is 0 Å². The number of carbonyl (C=O) groups is 1. The highest BCUT2D eigenvalue weighted by Gasteiger charge is 2.30. The van der Waals surface area contributed by atoms with Crippen molar-refractivity contribution in [3.05, 3.63) is 22.2 Å². The molecule has 6 heteroatoms. The molecular formula is C12H14BrN3O2. The maximum atomic E-state index is 11.4. The van der Waals surface area contributed by atoms with E-state index in [1.165, 1.54) is 0 Å². The highest BCUT2D eigenvalue weighted by molar-refractivity contribution is 9.10. The van der Waals surface area contributed by atoms with Gasteiger partial charge in [-0.05, 0) is 28.1 Å². The van der Waals surface area contributed by atoms with Crippen LogP contribution in [0, 0.1) is 0 Å². The van der Waals surface area contributed by atoms with Gasteiger partial charge >= 0.3 is 0 Å². The van der Waals surface area contributed by atoms with Gasteiger partial charge in [-0.3, -0.25) is 4.79 Å². The first-order chi connectivity index (χ1) is 8.66. The summed E-state index contributed by atoms with van der Waals surface area (Å²) in [5.74, 6) is -0.352. The van der Waals surface area contributed by atoms with E-state index in [1.54, 1.807) is 0 Å². The maximum Gasteiger partial charge on any atom is 0.257 e. The quantitative estimate of drug-likeness (QED) is 0.719. The number of piperazine rings is 1. The summed E-state index contributed by atoms with van der Waals surface area (Å²) in [5.41, 5.74) is 2.42. The lowest BCUT2D eigenvalue weighted by Crippen LogP contribution is -2.43. The monoisotopic (exact) mass is 311 g/mol. The third-order valence-corrected chi connectivity index (χ3v) is 4.01. The SMILES string of the molecule is O=C1Nc2cc(N3CCNCC3)c(Br)cc2C1O. The Morgan fingerprint density at radius 1 is 1.33 bits per heavy atom. The molecule has 3 N–H and O–H groups in total. The van der Waals surface area contributed by atoms with Crippen molar-refractivity contribution in [3.8, 4) is 0 Å². The normalized spacial score (nSPS) is 22.9. The molecule has 5 nitrogen and oxygen atoms in total. The van der Waals surface area contributed by atoms with Crippen LogP contribution >= 0.6 is 15.9 Å². The molecule has 0 spiro atoms. The number of anilines is 2. The molecular weight excluding hydrogens is 298 g/mol. The Balaban J connectivity index is 1.97. The molecule has 1 saturated heterocycles. The smallest absolute Gasteiger partial charge is 0.257 e. The van der Waals surface area contributed by atoms with Crippen LogP contribution in [0.4, 0.5) is 11.4 Å². The van der Waals surface area contributed by atoms with E-state index in [0.29, 0.717) is 11.3 Å². The van der Waals surface area contributed by atoms with Gasteiger partial charge in [0.15, 0.2) is 6.10 Å². The first-order valence-electron chi connectivity index (χ1n) is 5.95. The number of nitrogens with zero attached hydrogens (tertiary/aromatic N) is 1. The number of amides is 1. The Kier molecular flexibility index (Phi) is 3.01. The third kappa shape index (κ3) is 1.90. The molecule has 1 atom stereocenters. The van der Waals surface area contributed by atoms with Crippen LogP contribution < -0.4 is 15.5 Å². The minimum Gasteiger partial charge on any atom is -0.378 e. The summed E-state index contributed by atoms with van der Waals surface area (Å²) in [7, 11) is 0. The van der Waals surface area contributed by atoms with Crippen molar-refractivity contribution in [2.75, 3.05) is 36.4 Å². The Hall–Kier alpha value is -1.11. The number of fused-ring (bicyclic) bond motifs is 1. The second-order valence-corrected chi connectivity index (χ2v) is 5.37. The van der Waals surface area contributed by atoms with E-state index in [-0.39, 0.29) is 5.91 Å². The molecule has 96 valence electrons. The Labute approximate surface area is 113 Å². The van der Waals surface area contributed by atoms with E-state index < -0.39 is 6.10 Å². The minimum absolute atomic E-state index is 0.352. The fourth-order valence-electron chi connectivity index (χ4n) is 2.40. The summed E-state index contributed by atoms with van der Waals surface area (Å²) in [6.07, 6.45) is -1.05. The first-order valence-corrected chi connectivity index (χ1v) is 6.74. The lowest BCUT2D eigenvalue weighted by molar-refractivity contribution is -0.123. The molecule has 0 radical (unpaired) electrons. The van der Waals surface area contributed by atoms with Gasteiger partial charge in [-0.25, -0.2) is 0 Å². The molecule has 1 aromatic carbocycles. The zero-order valence-corrected chi connectivity index (χ0v) is 11.3. The van der Waals surface area contributed by atoms with Gasteiger partial charge in [-0.15, -0.1) is 0 Å². The van der Waals surface area contributed by atoms with Crippen LogP contribution in [0.2, 0.25) is 0 Å². The van der Waals surface area contributed by atoms with Gasteiger partial charge in [0.05, 0.1) is 5.69 Å². The van der Waals surface area contributed by atoms with E-state index >= 15 is 0 Å². The van der Waals surface area contributed by atoms with Crippen molar-refractivity contribution >= 4 is 33.2 Å². The molecule has 1 fully saturated rings. The minimum atomic E-state index is -1.05. The molecule has 0 saturated carbocycles. The fraction of sp³-hybridized carbons (Fsp3) is 0.417. The molecule has 2 heterocycles. The lowest BCUT2D eigenvalue weighted by atomic mass is 10.1. The van der Waals surface area contributed by atoms with Gasteiger partial charge in [0.2, 0.25) is 0 Å². The average molecular weight is 312 g/mol. The number of halogens is 1. The summed E-state index contributed by atoms with van der Waals surface area (Å²) in [5, 5.41) is 15.7. The summed E-state index contributed by atoms with van der Waals surface area (Å²) in [6, 6.07) is 3.76. The highest BCUT2D eigenvalue weighted by Crippen LogP contribution is 2.39. The molecule has 2 aliphatic rings. The Bertz CT molecular complexity index is 500. The van der Waals surface area contributed by atoms with Gasteiger partial charge in [-0.1, -0.05) is 0 Å². The molecule has 1 unspecified atom stereocenters. The molecule has 0 aromatic heterocycles. The van der Waals surface area contributed by atoms with Gasteiger partial charge < -0.3 is 20.6 Å². The van der Waals surface area contributed by atoms with Crippen molar-refractivity contribution in [1.82, 2.24) is 5.32 Å². The van der Waals surface area contributed by atoms with Crippen LogP contribution in [0.1, 0.15) is 11.7 Å². The average Bonchev–Trinajstić information content (AvgIpc) is 2.66. The summed E-state index contributed by atoms with van der Waals surface area (Å²) in [6.45, 7) is 3.79. The third-order valence-electron chi connectivity index (χ3n) is 3.38. The molecule has 1 amide bonds. The van der Waals surface area contributed by atoms with Crippen LogP contribution in [-0.4, -0.2) is 37.2 Å². The maximum absolute atomic E-state index is 11.4. The second kappa shape index (κ2) is 4.53. The zero-order valence-electron chi connectivity index (χ0n) is 9.74. The van der Waals surface area contributed by atoms with Crippen molar-refractivity contribution < 1.29 is 9.90 Å². The van der Waals surface area contributed by atoms with E-state index in [1.807, 2.05) is 12.1 Å². The first kappa shape index (κ1) is 12.0. The predicted molar refractivity (Wildman–Crippen MR) is 72.8 cm³/mol. The second-order valence-electron chi connectivity index (χ2n) is 4.52. The van der Waals surface area contributed by atoms with Crippen LogP contribution in [0.15, 0.2) is 16.6 Å². The van der Waals surface area contributed by atoms with E-state index in [2.05, 4.69) is 31.5 Å². The molecule has 0 aliphatic carbocycles. The van der Waals surface area contributed by atoms with Crippen molar-refractivity contribution in [1.29, 1.82) is 0 Å².